The first-order valence-corrected chi connectivity index (χ1v) is 8.89. The summed E-state index contributed by atoms with van der Waals surface area (Å²) in [5, 5.41) is 15.6. The second kappa shape index (κ2) is 7.28. The molecule has 0 radical (unpaired) electrons. The summed E-state index contributed by atoms with van der Waals surface area (Å²) >= 11 is 5.94. The minimum absolute atomic E-state index is 0.0191. The van der Waals surface area contributed by atoms with Crippen LogP contribution in [-0.2, 0) is 6.54 Å². The zero-order valence-electron chi connectivity index (χ0n) is 14.8. The molecule has 0 saturated heterocycles. The highest BCUT2D eigenvalue weighted by molar-refractivity contribution is 6.30. The molecule has 0 unspecified atom stereocenters. The third-order valence-corrected chi connectivity index (χ3v) is 4.57. The largest absolute Gasteiger partial charge is 0.438 e. The maximum atomic E-state index is 11.2. The minimum Gasteiger partial charge on any atom is -0.438 e. The smallest absolute Gasteiger partial charge is 0.278 e. The molecular weight excluding hydrogens is 380 g/mol. The van der Waals surface area contributed by atoms with Crippen molar-refractivity contribution in [2.75, 3.05) is 5.32 Å². The van der Waals surface area contributed by atoms with E-state index < -0.39 is 4.92 Å². The highest BCUT2D eigenvalue weighted by atomic mass is 35.5. The molecule has 0 aliphatic rings. The Balaban J connectivity index is 1.60. The van der Waals surface area contributed by atoms with Gasteiger partial charge in [0, 0.05) is 22.8 Å². The third-order valence-electron chi connectivity index (χ3n) is 4.32. The van der Waals surface area contributed by atoms with Crippen molar-refractivity contribution in [3.63, 3.8) is 0 Å². The highest BCUT2D eigenvalue weighted by Crippen LogP contribution is 2.30. The lowest BCUT2D eigenvalue weighted by Crippen LogP contribution is -2.02. The standard InChI is InChI=1S/C20H15ClN4O3/c1-12-20(13-4-6-14(21)7-5-13)28-18(24-12)11-23-16-8-9-17(25(26)27)15-3-2-10-22-19(15)16/h2-10,23H,11H2,1H3. The molecule has 0 bridgehead atoms. The number of pyridine rings is 1. The number of nitro groups is 1. The number of hydrogen-bond acceptors (Lipinski definition) is 6. The molecule has 2 aromatic carbocycles. The van der Waals surface area contributed by atoms with E-state index in [0.29, 0.717) is 39.8 Å². The molecule has 28 heavy (non-hydrogen) atoms. The van der Waals surface area contributed by atoms with Crippen LogP contribution in [0.15, 0.2) is 59.1 Å². The van der Waals surface area contributed by atoms with E-state index in [1.807, 2.05) is 19.1 Å². The summed E-state index contributed by atoms with van der Waals surface area (Å²) in [7, 11) is 0. The molecule has 0 saturated carbocycles. The summed E-state index contributed by atoms with van der Waals surface area (Å²) in [6, 6.07) is 13.8. The Morgan fingerprint density at radius 1 is 1.18 bits per heavy atom. The molecule has 0 aliphatic carbocycles. The average molecular weight is 395 g/mol. The molecule has 2 aromatic heterocycles. The topological polar surface area (TPSA) is 94.1 Å². The Hall–Kier alpha value is -3.45. The van der Waals surface area contributed by atoms with Crippen LogP contribution in [0, 0.1) is 17.0 Å². The Bertz CT molecular complexity index is 1170. The number of anilines is 1. The van der Waals surface area contributed by atoms with Crippen molar-refractivity contribution >= 4 is 33.9 Å². The van der Waals surface area contributed by atoms with E-state index in [-0.39, 0.29) is 5.69 Å². The molecule has 1 N–H and O–H groups in total. The Morgan fingerprint density at radius 2 is 1.96 bits per heavy atom. The van der Waals surface area contributed by atoms with Crippen LogP contribution in [0.3, 0.4) is 0 Å². The number of aromatic nitrogens is 2. The van der Waals surface area contributed by atoms with Crippen molar-refractivity contribution in [2.45, 2.75) is 13.5 Å². The molecule has 2 heterocycles. The van der Waals surface area contributed by atoms with E-state index in [9.17, 15) is 10.1 Å². The first-order valence-electron chi connectivity index (χ1n) is 8.51. The number of benzene rings is 2. The van der Waals surface area contributed by atoms with Gasteiger partial charge in [-0.3, -0.25) is 15.1 Å². The quantitative estimate of drug-likeness (QED) is 0.361. The van der Waals surface area contributed by atoms with Gasteiger partial charge >= 0.3 is 0 Å². The van der Waals surface area contributed by atoms with Gasteiger partial charge in [0.15, 0.2) is 5.76 Å². The van der Waals surface area contributed by atoms with Crippen molar-refractivity contribution in [3.05, 3.63) is 81.4 Å². The summed E-state index contributed by atoms with van der Waals surface area (Å²) in [5.41, 5.74) is 2.88. The van der Waals surface area contributed by atoms with E-state index >= 15 is 0 Å². The summed E-state index contributed by atoms with van der Waals surface area (Å²) < 4.78 is 5.89. The van der Waals surface area contributed by atoms with Crippen molar-refractivity contribution in [1.82, 2.24) is 9.97 Å². The maximum Gasteiger partial charge on any atom is 0.278 e. The van der Waals surface area contributed by atoms with Gasteiger partial charge in [-0.25, -0.2) is 4.98 Å². The molecule has 0 atom stereocenters. The van der Waals surface area contributed by atoms with Crippen molar-refractivity contribution < 1.29 is 9.34 Å². The minimum atomic E-state index is -0.413. The molecule has 0 spiro atoms. The van der Waals surface area contributed by atoms with Gasteiger partial charge in [-0.1, -0.05) is 11.6 Å². The summed E-state index contributed by atoms with van der Waals surface area (Å²) in [6.07, 6.45) is 1.60. The van der Waals surface area contributed by atoms with E-state index in [2.05, 4.69) is 15.3 Å². The fourth-order valence-corrected chi connectivity index (χ4v) is 3.15. The fourth-order valence-electron chi connectivity index (χ4n) is 3.03. The van der Waals surface area contributed by atoms with Crippen molar-refractivity contribution in [2.24, 2.45) is 0 Å². The van der Waals surface area contributed by atoms with Crippen LogP contribution in [0.4, 0.5) is 11.4 Å². The van der Waals surface area contributed by atoms with Gasteiger partial charge in [0.05, 0.1) is 28.2 Å². The van der Waals surface area contributed by atoms with Gasteiger partial charge < -0.3 is 9.73 Å². The average Bonchev–Trinajstić information content (AvgIpc) is 3.07. The molecule has 0 fully saturated rings. The van der Waals surface area contributed by atoms with Gasteiger partial charge in [-0.15, -0.1) is 0 Å². The lowest BCUT2D eigenvalue weighted by molar-refractivity contribution is -0.383. The monoisotopic (exact) mass is 394 g/mol. The first kappa shape index (κ1) is 17.9. The lowest BCUT2D eigenvalue weighted by Gasteiger charge is -2.07. The van der Waals surface area contributed by atoms with Crippen LogP contribution in [0.1, 0.15) is 11.6 Å². The van der Waals surface area contributed by atoms with E-state index in [4.69, 9.17) is 16.0 Å². The van der Waals surface area contributed by atoms with Crippen LogP contribution in [0.2, 0.25) is 5.02 Å². The molecule has 0 amide bonds. The van der Waals surface area contributed by atoms with Crippen molar-refractivity contribution in [1.29, 1.82) is 0 Å². The molecule has 7 nitrogen and oxygen atoms in total. The molecule has 140 valence electrons. The predicted molar refractivity (Wildman–Crippen MR) is 107 cm³/mol. The molecule has 0 aliphatic heterocycles. The Morgan fingerprint density at radius 3 is 2.71 bits per heavy atom. The van der Waals surface area contributed by atoms with Crippen LogP contribution in [-0.4, -0.2) is 14.9 Å². The Kier molecular flexibility index (Phi) is 4.67. The second-order valence-corrected chi connectivity index (χ2v) is 6.61. The fraction of sp³-hybridized carbons (Fsp3) is 0.100. The summed E-state index contributed by atoms with van der Waals surface area (Å²) in [5.74, 6) is 1.19. The molecule has 4 rings (SSSR count). The van der Waals surface area contributed by atoms with E-state index in [1.54, 1.807) is 36.5 Å². The number of halogens is 1. The van der Waals surface area contributed by atoms with Crippen molar-refractivity contribution in [3.8, 4) is 11.3 Å². The van der Waals surface area contributed by atoms with Gasteiger partial charge in [-0.2, -0.15) is 0 Å². The second-order valence-electron chi connectivity index (χ2n) is 6.17. The van der Waals surface area contributed by atoms with Gasteiger partial charge in [0.2, 0.25) is 5.89 Å². The predicted octanol–water partition coefficient (Wildman–Crippen LogP) is 5.37. The highest BCUT2D eigenvalue weighted by Gasteiger charge is 2.16. The number of nitrogens with zero attached hydrogens (tertiary/aromatic N) is 3. The number of fused-ring (bicyclic) bond motifs is 1. The number of aryl methyl sites for hydroxylation is 1. The van der Waals surface area contributed by atoms with Gasteiger partial charge in [0.25, 0.3) is 5.69 Å². The summed E-state index contributed by atoms with van der Waals surface area (Å²) in [6.45, 7) is 2.19. The third kappa shape index (κ3) is 3.39. The van der Waals surface area contributed by atoms with Crippen LogP contribution < -0.4 is 5.32 Å². The van der Waals surface area contributed by atoms with E-state index in [1.165, 1.54) is 6.07 Å². The molecule has 4 aromatic rings. The molecule has 8 heteroatoms. The zero-order valence-corrected chi connectivity index (χ0v) is 15.6. The number of nitrogens with one attached hydrogen (secondary N) is 1. The summed E-state index contributed by atoms with van der Waals surface area (Å²) in [4.78, 5) is 19.6. The number of rotatable bonds is 5. The SMILES string of the molecule is Cc1nc(CNc2ccc([N+](=O)[O-])c3cccnc23)oc1-c1ccc(Cl)cc1. The number of nitro benzene ring substituents is 1. The molecular formula is C20H15ClN4O3. The Labute approximate surface area is 165 Å². The van der Waals surface area contributed by atoms with Crippen LogP contribution in [0.5, 0.6) is 0 Å². The number of oxazole rings is 1. The first-order chi connectivity index (χ1) is 13.5. The number of non-ortho nitro benzene ring substituents is 1. The van der Waals surface area contributed by atoms with Crippen LogP contribution in [0.25, 0.3) is 22.2 Å². The lowest BCUT2D eigenvalue weighted by atomic mass is 10.1. The number of hydrogen-bond donors (Lipinski definition) is 1. The van der Waals surface area contributed by atoms with E-state index in [0.717, 1.165) is 11.3 Å². The van der Waals surface area contributed by atoms with Gasteiger partial charge in [0.1, 0.15) is 5.52 Å². The van der Waals surface area contributed by atoms with Crippen LogP contribution >= 0.6 is 11.6 Å². The maximum absolute atomic E-state index is 11.2. The normalized spacial score (nSPS) is 10.9. The zero-order chi connectivity index (χ0) is 19.7. The van der Waals surface area contributed by atoms with Gasteiger partial charge in [-0.05, 0) is 49.4 Å².